The van der Waals surface area contributed by atoms with Crippen molar-refractivity contribution in [1.29, 1.82) is 0 Å². The van der Waals surface area contributed by atoms with Gasteiger partial charge in [-0.15, -0.1) is 0 Å². The predicted octanol–water partition coefficient (Wildman–Crippen LogP) is 3.23. The Hall–Kier alpha value is -0.380. The number of nitrogens with zero attached hydrogens (tertiary/aromatic N) is 2. The van der Waals surface area contributed by atoms with Crippen molar-refractivity contribution < 1.29 is 4.74 Å². The van der Waals surface area contributed by atoms with E-state index in [0.29, 0.717) is 22.6 Å². The van der Waals surface area contributed by atoms with Crippen LogP contribution in [0.1, 0.15) is 32.2 Å². The Bertz CT molecular complexity index is 343. The summed E-state index contributed by atoms with van der Waals surface area (Å²) in [5.74, 6) is 0.497. The van der Waals surface area contributed by atoms with E-state index < -0.39 is 5.60 Å². The second kappa shape index (κ2) is 4.64. The van der Waals surface area contributed by atoms with Gasteiger partial charge in [0.25, 0.3) is 0 Å². The molecule has 0 amide bonds. The van der Waals surface area contributed by atoms with Crippen LogP contribution in [0.25, 0.3) is 0 Å². The first-order valence-electron chi connectivity index (χ1n) is 4.70. The molecule has 0 N–H and O–H groups in total. The molecular weight excluding hydrogens is 235 g/mol. The minimum atomic E-state index is -0.584. The highest BCUT2D eigenvalue weighted by molar-refractivity contribution is 6.34. The van der Waals surface area contributed by atoms with Gasteiger partial charge in [-0.3, -0.25) is 0 Å². The minimum Gasteiger partial charge on any atom is -0.371 e. The molecule has 0 spiro atoms. The fourth-order valence-corrected chi connectivity index (χ4v) is 1.74. The molecule has 0 saturated carbocycles. The fraction of sp³-hybridized carbons (Fsp3) is 0.600. The average Bonchev–Trinajstić information content (AvgIpc) is 2.17. The first-order chi connectivity index (χ1) is 6.92. The van der Waals surface area contributed by atoms with Gasteiger partial charge in [-0.05, 0) is 20.3 Å². The van der Waals surface area contributed by atoms with Gasteiger partial charge in [-0.25, -0.2) is 9.97 Å². The van der Waals surface area contributed by atoms with Crippen molar-refractivity contribution in [3.05, 3.63) is 21.7 Å². The predicted molar refractivity (Wildman–Crippen MR) is 61.5 cm³/mol. The summed E-state index contributed by atoms with van der Waals surface area (Å²) in [5, 5.41) is 0.801. The van der Waals surface area contributed by atoms with Crippen molar-refractivity contribution in [3.8, 4) is 0 Å². The van der Waals surface area contributed by atoms with Crippen LogP contribution in [0.5, 0.6) is 0 Å². The van der Waals surface area contributed by atoms with Crippen LogP contribution in [0.3, 0.4) is 0 Å². The van der Waals surface area contributed by atoms with Gasteiger partial charge < -0.3 is 4.74 Å². The highest BCUT2D eigenvalue weighted by Gasteiger charge is 2.25. The number of methoxy groups -OCH3 is 1. The van der Waals surface area contributed by atoms with E-state index in [-0.39, 0.29) is 0 Å². The third-order valence-corrected chi connectivity index (χ3v) is 2.93. The maximum atomic E-state index is 6.01. The molecule has 1 rings (SSSR count). The Morgan fingerprint density at radius 3 is 2.00 bits per heavy atom. The minimum absolute atomic E-state index is 0.401. The van der Waals surface area contributed by atoms with Crippen molar-refractivity contribution in [3.63, 3.8) is 0 Å². The molecule has 0 fully saturated rings. The number of aromatic nitrogens is 2. The Morgan fingerprint density at radius 1 is 1.20 bits per heavy atom. The van der Waals surface area contributed by atoms with Crippen molar-refractivity contribution in [1.82, 2.24) is 9.97 Å². The van der Waals surface area contributed by atoms with E-state index in [9.17, 15) is 0 Å². The molecule has 15 heavy (non-hydrogen) atoms. The first-order valence-corrected chi connectivity index (χ1v) is 5.45. The average molecular weight is 249 g/mol. The van der Waals surface area contributed by atoms with Gasteiger partial charge in [-0.1, -0.05) is 30.1 Å². The quantitative estimate of drug-likeness (QED) is 0.771. The molecular formula is C10H14Cl2N2O. The third kappa shape index (κ3) is 2.60. The Balaban J connectivity index is 3.26. The molecule has 0 bridgehead atoms. The van der Waals surface area contributed by atoms with Crippen LogP contribution in [0, 0.1) is 0 Å². The summed E-state index contributed by atoms with van der Waals surface area (Å²) >= 11 is 12.0. The molecule has 0 saturated heterocycles. The molecule has 5 heteroatoms. The van der Waals surface area contributed by atoms with Gasteiger partial charge in [0.2, 0.25) is 0 Å². The second-order valence-corrected chi connectivity index (χ2v) is 4.39. The lowest BCUT2D eigenvalue weighted by atomic mass is 10.1. The third-order valence-electron chi connectivity index (χ3n) is 2.31. The lowest BCUT2D eigenvalue weighted by Crippen LogP contribution is -2.23. The lowest BCUT2D eigenvalue weighted by molar-refractivity contribution is 0.0114. The van der Waals surface area contributed by atoms with Gasteiger partial charge in [0, 0.05) is 12.7 Å². The monoisotopic (exact) mass is 248 g/mol. The summed E-state index contributed by atoms with van der Waals surface area (Å²) in [5.41, 5.74) is 0.188. The van der Waals surface area contributed by atoms with E-state index in [1.807, 2.05) is 20.8 Å². The summed E-state index contributed by atoms with van der Waals surface area (Å²) in [6.45, 7) is 5.68. The normalized spacial score (nSPS) is 11.9. The van der Waals surface area contributed by atoms with Crippen molar-refractivity contribution in [2.75, 3.05) is 7.11 Å². The first kappa shape index (κ1) is 12.7. The SMILES string of the molecule is CCc1c(Cl)nc(C(C)(C)OC)nc1Cl. The summed E-state index contributed by atoms with van der Waals surface area (Å²) in [6, 6.07) is 0. The van der Waals surface area contributed by atoms with Gasteiger partial charge >= 0.3 is 0 Å². The van der Waals surface area contributed by atoms with Gasteiger partial charge in [-0.2, -0.15) is 0 Å². The highest BCUT2D eigenvalue weighted by Crippen LogP contribution is 2.27. The molecule has 0 atom stereocenters. The summed E-state index contributed by atoms with van der Waals surface area (Å²) in [4.78, 5) is 8.38. The van der Waals surface area contributed by atoms with Crippen molar-refractivity contribution in [2.45, 2.75) is 32.8 Å². The lowest BCUT2D eigenvalue weighted by Gasteiger charge is -2.21. The molecule has 0 unspecified atom stereocenters. The molecule has 3 nitrogen and oxygen atoms in total. The topological polar surface area (TPSA) is 35.0 Å². The largest absolute Gasteiger partial charge is 0.371 e. The van der Waals surface area contributed by atoms with E-state index in [1.165, 1.54) is 0 Å². The van der Waals surface area contributed by atoms with Crippen LogP contribution in [0.2, 0.25) is 10.3 Å². The van der Waals surface area contributed by atoms with Crippen molar-refractivity contribution in [2.24, 2.45) is 0 Å². The van der Waals surface area contributed by atoms with E-state index in [4.69, 9.17) is 27.9 Å². The fourth-order valence-electron chi connectivity index (χ4n) is 1.08. The Labute approximate surface area is 99.8 Å². The van der Waals surface area contributed by atoms with Crippen LogP contribution < -0.4 is 0 Å². The van der Waals surface area contributed by atoms with Gasteiger partial charge in [0.1, 0.15) is 15.9 Å². The summed E-state index contributed by atoms with van der Waals surface area (Å²) in [6.07, 6.45) is 0.714. The number of ether oxygens (including phenoxy) is 1. The van der Waals surface area contributed by atoms with Gasteiger partial charge in [0.05, 0.1) is 0 Å². The Morgan fingerprint density at radius 2 is 1.67 bits per heavy atom. The van der Waals surface area contributed by atoms with Crippen LogP contribution in [-0.4, -0.2) is 17.1 Å². The maximum absolute atomic E-state index is 6.01. The van der Waals surface area contributed by atoms with Crippen LogP contribution >= 0.6 is 23.2 Å². The molecule has 1 aromatic rings. The zero-order valence-corrected chi connectivity index (χ0v) is 10.8. The zero-order chi connectivity index (χ0) is 11.6. The molecule has 0 aliphatic carbocycles. The van der Waals surface area contributed by atoms with Crippen LogP contribution in [-0.2, 0) is 16.8 Å². The van der Waals surface area contributed by atoms with Crippen molar-refractivity contribution >= 4 is 23.2 Å². The standard InChI is InChI=1S/C10H14Cl2N2O/c1-5-6-7(11)13-9(14-8(6)12)10(2,3)15-4/h5H2,1-4H3. The number of halogens is 2. The summed E-state index contributed by atoms with van der Waals surface area (Å²) < 4.78 is 5.26. The van der Waals surface area contributed by atoms with Gasteiger partial charge in [0.15, 0.2) is 5.82 Å². The summed E-state index contributed by atoms with van der Waals surface area (Å²) in [7, 11) is 1.60. The van der Waals surface area contributed by atoms with E-state index >= 15 is 0 Å². The molecule has 0 aliphatic rings. The molecule has 0 aliphatic heterocycles. The van der Waals surface area contributed by atoms with E-state index in [2.05, 4.69) is 9.97 Å². The Kier molecular flexibility index (Phi) is 3.93. The molecule has 0 aromatic carbocycles. The highest BCUT2D eigenvalue weighted by atomic mass is 35.5. The zero-order valence-electron chi connectivity index (χ0n) is 9.27. The van der Waals surface area contributed by atoms with Crippen LogP contribution in [0.15, 0.2) is 0 Å². The molecule has 1 aromatic heterocycles. The molecule has 0 radical (unpaired) electrons. The second-order valence-electron chi connectivity index (χ2n) is 3.68. The molecule has 1 heterocycles. The number of hydrogen-bond acceptors (Lipinski definition) is 3. The number of rotatable bonds is 3. The smallest absolute Gasteiger partial charge is 0.163 e. The maximum Gasteiger partial charge on any atom is 0.163 e. The number of hydrogen-bond donors (Lipinski definition) is 0. The van der Waals surface area contributed by atoms with Crippen LogP contribution in [0.4, 0.5) is 0 Å². The van der Waals surface area contributed by atoms with E-state index in [0.717, 1.165) is 5.56 Å². The molecule has 84 valence electrons. The van der Waals surface area contributed by atoms with E-state index in [1.54, 1.807) is 7.11 Å².